The first-order valence-corrected chi connectivity index (χ1v) is 4.11. The SMILES string of the molecule is COC(=O)c1ccc(C2CO2)cc1. The van der Waals surface area contributed by atoms with E-state index in [0.29, 0.717) is 5.56 Å². The van der Waals surface area contributed by atoms with E-state index in [9.17, 15) is 4.79 Å². The molecule has 1 aromatic carbocycles. The van der Waals surface area contributed by atoms with Gasteiger partial charge in [0.05, 0.1) is 19.3 Å². The van der Waals surface area contributed by atoms with Gasteiger partial charge in [0.1, 0.15) is 6.10 Å². The van der Waals surface area contributed by atoms with Gasteiger partial charge in [-0.25, -0.2) is 4.79 Å². The summed E-state index contributed by atoms with van der Waals surface area (Å²) in [5.74, 6) is -0.303. The van der Waals surface area contributed by atoms with E-state index in [0.717, 1.165) is 12.2 Å². The molecule has 1 fully saturated rings. The number of ether oxygens (including phenoxy) is 2. The third-order valence-electron chi connectivity index (χ3n) is 2.04. The van der Waals surface area contributed by atoms with Crippen LogP contribution in [-0.4, -0.2) is 19.7 Å². The smallest absolute Gasteiger partial charge is 0.337 e. The largest absolute Gasteiger partial charge is 0.465 e. The molecule has 0 bridgehead atoms. The van der Waals surface area contributed by atoms with Crippen molar-refractivity contribution in [2.24, 2.45) is 0 Å². The molecule has 0 aliphatic carbocycles. The molecule has 3 nitrogen and oxygen atoms in total. The molecule has 0 N–H and O–H groups in total. The van der Waals surface area contributed by atoms with Crippen LogP contribution in [0.25, 0.3) is 0 Å². The van der Waals surface area contributed by atoms with Crippen molar-refractivity contribution in [3.8, 4) is 0 Å². The van der Waals surface area contributed by atoms with Crippen LogP contribution in [-0.2, 0) is 9.47 Å². The first kappa shape index (κ1) is 8.26. The summed E-state index contributed by atoms with van der Waals surface area (Å²) in [6.45, 7) is 0.789. The lowest BCUT2D eigenvalue weighted by Crippen LogP contribution is -2.00. The maximum atomic E-state index is 11.1. The number of benzene rings is 1. The van der Waals surface area contributed by atoms with E-state index >= 15 is 0 Å². The van der Waals surface area contributed by atoms with Crippen molar-refractivity contribution in [2.75, 3.05) is 13.7 Å². The molecule has 1 aliphatic rings. The monoisotopic (exact) mass is 178 g/mol. The minimum Gasteiger partial charge on any atom is -0.465 e. The number of carbonyl (C=O) groups is 1. The van der Waals surface area contributed by atoms with Crippen molar-refractivity contribution in [3.63, 3.8) is 0 Å². The molecular formula is C10H10O3. The zero-order valence-electron chi connectivity index (χ0n) is 7.32. The summed E-state index contributed by atoms with van der Waals surface area (Å²) in [7, 11) is 1.38. The quantitative estimate of drug-likeness (QED) is 0.509. The van der Waals surface area contributed by atoms with Crippen molar-refractivity contribution in [3.05, 3.63) is 35.4 Å². The molecule has 0 aromatic heterocycles. The summed E-state index contributed by atoms with van der Waals surface area (Å²) in [4.78, 5) is 11.1. The van der Waals surface area contributed by atoms with Crippen molar-refractivity contribution in [1.82, 2.24) is 0 Å². The van der Waals surface area contributed by atoms with Gasteiger partial charge in [-0.15, -0.1) is 0 Å². The maximum Gasteiger partial charge on any atom is 0.337 e. The van der Waals surface area contributed by atoms with Gasteiger partial charge in [0.2, 0.25) is 0 Å². The van der Waals surface area contributed by atoms with E-state index in [2.05, 4.69) is 4.74 Å². The lowest BCUT2D eigenvalue weighted by atomic mass is 10.1. The fourth-order valence-corrected chi connectivity index (χ4v) is 1.19. The first-order valence-electron chi connectivity index (χ1n) is 4.11. The molecule has 0 radical (unpaired) electrons. The lowest BCUT2D eigenvalue weighted by Gasteiger charge is -1.99. The van der Waals surface area contributed by atoms with Crippen LogP contribution in [0.1, 0.15) is 22.0 Å². The minimum atomic E-state index is -0.303. The molecular weight excluding hydrogens is 168 g/mol. The summed E-state index contributed by atoms with van der Waals surface area (Å²) in [5, 5.41) is 0. The number of epoxide rings is 1. The van der Waals surface area contributed by atoms with E-state index in [1.54, 1.807) is 12.1 Å². The minimum absolute atomic E-state index is 0.242. The second-order valence-corrected chi connectivity index (χ2v) is 2.94. The number of esters is 1. The molecule has 3 heteroatoms. The number of rotatable bonds is 2. The topological polar surface area (TPSA) is 38.8 Å². The third kappa shape index (κ3) is 1.70. The van der Waals surface area contributed by atoms with Gasteiger partial charge < -0.3 is 9.47 Å². The van der Waals surface area contributed by atoms with Crippen LogP contribution >= 0.6 is 0 Å². The highest BCUT2D eigenvalue weighted by molar-refractivity contribution is 5.89. The number of hydrogen-bond acceptors (Lipinski definition) is 3. The van der Waals surface area contributed by atoms with Gasteiger partial charge >= 0.3 is 5.97 Å². The molecule has 13 heavy (non-hydrogen) atoms. The van der Waals surface area contributed by atoms with Crippen LogP contribution in [0, 0.1) is 0 Å². The predicted octanol–water partition coefficient (Wildman–Crippen LogP) is 1.54. The Morgan fingerprint density at radius 1 is 1.46 bits per heavy atom. The average molecular weight is 178 g/mol. The molecule has 1 aromatic rings. The van der Waals surface area contributed by atoms with E-state index in [1.165, 1.54) is 7.11 Å². The summed E-state index contributed by atoms with van der Waals surface area (Å²) >= 11 is 0. The van der Waals surface area contributed by atoms with Crippen molar-refractivity contribution < 1.29 is 14.3 Å². The average Bonchev–Trinajstić information content (AvgIpc) is 3.00. The van der Waals surface area contributed by atoms with Crippen molar-refractivity contribution in [1.29, 1.82) is 0 Å². The highest BCUT2D eigenvalue weighted by Gasteiger charge is 2.24. The van der Waals surface area contributed by atoms with Gasteiger partial charge in [-0.3, -0.25) is 0 Å². The normalized spacial score (nSPS) is 19.6. The molecule has 0 amide bonds. The van der Waals surface area contributed by atoms with Crippen LogP contribution in [0.15, 0.2) is 24.3 Å². The fraction of sp³-hybridized carbons (Fsp3) is 0.300. The maximum absolute atomic E-state index is 11.1. The molecule has 1 saturated heterocycles. The number of methoxy groups -OCH3 is 1. The molecule has 1 unspecified atom stereocenters. The highest BCUT2D eigenvalue weighted by Crippen LogP contribution is 2.29. The van der Waals surface area contributed by atoms with Gasteiger partial charge in [-0.05, 0) is 17.7 Å². The summed E-state index contributed by atoms with van der Waals surface area (Å²) in [5.41, 5.74) is 1.69. The molecule has 1 aliphatic heterocycles. The molecule has 2 rings (SSSR count). The van der Waals surface area contributed by atoms with Crippen molar-refractivity contribution >= 4 is 5.97 Å². The Kier molecular flexibility index (Phi) is 2.02. The van der Waals surface area contributed by atoms with Gasteiger partial charge in [-0.2, -0.15) is 0 Å². The standard InChI is InChI=1S/C10H10O3/c1-12-10(11)8-4-2-7(3-5-8)9-6-13-9/h2-5,9H,6H2,1H3. The Morgan fingerprint density at radius 3 is 2.54 bits per heavy atom. The van der Waals surface area contributed by atoms with Crippen LogP contribution < -0.4 is 0 Å². The van der Waals surface area contributed by atoms with Crippen molar-refractivity contribution in [2.45, 2.75) is 6.10 Å². The molecule has 68 valence electrons. The second-order valence-electron chi connectivity index (χ2n) is 2.94. The Hall–Kier alpha value is -1.35. The third-order valence-corrected chi connectivity index (χ3v) is 2.04. The van der Waals surface area contributed by atoms with Gasteiger partial charge in [0.15, 0.2) is 0 Å². The van der Waals surface area contributed by atoms with Crippen LogP contribution in [0.3, 0.4) is 0 Å². The first-order chi connectivity index (χ1) is 6.31. The number of carbonyl (C=O) groups excluding carboxylic acids is 1. The van der Waals surface area contributed by atoms with Gasteiger partial charge in [0, 0.05) is 0 Å². The molecule has 1 heterocycles. The zero-order chi connectivity index (χ0) is 9.26. The van der Waals surface area contributed by atoms with Crippen LogP contribution in [0.5, 0.6) is 0 Å². The van der Waals surface area contributed by atoms with Crippen LogP contribution in [0.4, 0.5) is 0 Å². The van der Waals surface area contributed by atoms with E-state index in [-0.39, 0.29) is 12.1 Å². The number of hydrogen-bond donors (Lipinski definition) is 0. The Labute approximate surface area is 76.3 Å². The molecule has 0 spiro atoms. The fourth-order valence-electron chi connectivity index (χ4n) is 1.19. The summed E-state index contributed by atoms with van der Waals surface area (Å²) in [6, 6.07) is 7.29. The summed E-state index contributed by atoms with van der Waals surface area (Å²) in [6.07, 6.45) is 0.242. The van der Waals surface area contributed by atoms with E-state index in [4.69, 9.17) is 4.74 Å². The van der Waals surface area contributed by atoms with E-state index < -0.39 is 0 Å². The van der Waals surface area contributed by atoms with Gasteiger partial charge in [-0.1, -0.05) is 12.1 Å². The Morgan fingerprint density at radius 2 is 2.08 bits per heavy atom. The summed E-state index contributed by atoms with van der Waals surface area (Å²) < 4.78 is 9.69. The van der Waals surface area contributed by atoms with Crippen LogP contribution in [0.2, 0.25) is 0 Å². The Balaban J connectivity index is 2.17. The lowest BCUT2D eigenvalue weighted by molar-refractivity contribution is 0.0600. The Bertz CT molecular complexity index is 311. The van der Waals surface area contributed by atoms with E-state index in [1.807, 2.05) is 12.1 Å². The molecule has 1 atom stereocenters. The second kappa shape index (κ2) is 3.18. The van der Waals surface area contributed by atoms with Gasteiger partial charge in [0.25, 0.3) is 0 Å². The predicted molar refractivity (Wildman–Crippen MR) is 46.5 cm³/mol. The highest BCUT2D eigenvalue weighted by atomic mass is 16.6. The zero-order valence-corrected chi connectivity index (χ0v) is 7.32. The molecule has 0 saturated carbocycles.